The maximum atomic E-state index is 12.1. The van der Waals surface area contributed by atoms with Crippen LogP contribution in [0.1, 0.15) is 36.7 Å². The molecular formula is C18H21N3O2. The number of pyridine rings is 1. The molecule has 2 amide bonds. The number of benzene rings is 1. The first-order valence-corrected chi connectivity index (χ1v) is 7.45. The van der Waals surface area contributed by atoms with E-state index in [2.05, 4.69) is 36.4 Å². The molecule has 5 heteroatoms. The van der Waals surface area contributed by atoms with Crippen LogP contribution in [0.5, 0.6) is 0 Å². The minimum atomic E-state index is -0.294. The van der Waals surface area contributed by atoms with Crippen LogP contribution in [0, 0.1) is 0 Å². The lowest BCUT2D eigenvalue weighted by Gasteiger charge is -2.19. The van der Waals surface area contributed by atoms with Crippen molar-refractivity contribution < 1.29 is 9.59 Å². The summed E-state index contributed by atoms with van der Waals surface area (Å²) in [7, 11) is 0. The molecule has 0 spiro atoms. The summed E-state index contributed by atoms with van der Waals surface area (Å²) in [4.78, 5) is 27.7. The van der Waals surface area contributed by atoms with Crippen molar-refractivity contribution in [1.29, 1.82) is 0 Å². The maximum Gasteiger partial charge on any atom is 0.251 e. The van der Waals surface area contributed by atoms with Crippen LogP contribution in [0.15, 0.2) is 48.8 Å². The molecule has 1 aromatic heterocycles. The van der Waals surface area contributed by atoms with Gasteiger partial charge in [-0.1, -0.05) is 32.9 Å². The number of nitrogens with one attached hydrogen (secondary N) is 2. The second kappa shape index (κ2) is 7.05. The molecule has 0 atom stereocenters. The number of amides is 2. The highest BCUT2D eigenvalue weighted by Crippen LogP contribution is 2.22. The van der Waals surface area contributed by atoms with Gasteiger partial charge in [0.25, 0.3) is 5.91 Å². The molecule has 0 aliphatic heterocycles. The Morgan fingerprint density at radius 2 is 1.78 bits per heavy atom. The summed E-state index contributed by atoms with van der Waals surface area (Å²) in [6.45, 7) is 6.26. The van der Waals surface area contributed by atoms with E-state index in [1.165, 1.54) is 0 Å². The minimum absolute atomic E-state index is 0.0403. The van der Waals surface area contributed by atoms with Gasteiger partial charge in [0.2, 0.25) is 5.91 Å². The van der Waals surface area contributed by atoms with Crippen molar-refractivity contribution >= 4 is 17.5 Å². The average Bonchev–Trinajstić information content (AvgIpc) is 2.53. The molecule has 1 aromatic carbocycles. The summed E-state index contributed by atoms with van der Waals surface area (Å²) in [6.07, 6.45) is 3.17. The van der Waals surface area contributed by atoms with Crippen LogP contribution in [0.2, 0.25) is 0 Å². The van der Waals surface area contributed by atoms with Crippen molar-refractivity contribution in [2.45, 2.75) is 26.2 Å². The molecule has 2 aromatic rings. The molecule has 120 valence electrons. The van der Waals surface area contributed by atoms with Crippen LogP contribution in [-0.2, 0) is 10.2 Å². The summed E-state index contributed by atoms with van der Waals surface area (Å²) in [5, 5.41) is 5.27. The second-order valence-corrected chi connectivity index (χ2v) is 6.30. The van der Waals surface area contributed by atoms with Gasteiger partial charge in [-0.25, -0.2) is 0 Å². The van der Waals surface area contributed by atoms with E-state index in [1.54, 1.807) is 36.7 Å². The summed E-state index contributed by atoms with van der Waals surface area (Å²) in [5.74, 6) is -0.565. The van der Waals surface area contributed by atoms with Gasteiger partial charge in [-0.15, -0.1) is 0 Å². The Hall–Kier alpha value is -2.69. The molecule has 0 unspecified atom stereocenters. The van der Waals surface area contributed by atoms with Crippen molar-refractivity contribution in [2.75, 3.05) is 11.9 Å². The van der Waals surface area contributed by atoms with E-state index in [0.29, 0.717) is 11.3 Å². The summed E-state index contributed by atoms with van der Waals surface area (Å²) >= 11 is 0. The van der Waals surface area contributed by atoms with Crippen LogP contribution in [0.3, 0.4) is 0 Å². The van der Waals surface area contributed by atoms with Gasteiger partial charge in [0.15, 0.2) is 0 Å². The number of nitrogens with zero attached hydrogens (tertiary/aromatic N) is 1. The first-order valence-electron chi connectivity index (χ1n) is 7.45. The van der Waals surface area contributed by atoms with E-state index in [-0.39, 0.29) is 23.8 Å². The predicted molar refractivity (Wildman–Crippen MR) is 90.3 cm³/mol. The van der Waals surface area contributed by atoms with E-state index in [4.69, 9.17) is 0 Å². The smallest absolute Gasteiger partial charge is 0.251 e. The fourth-order valence-corrected chi connectivity index (χ4v) is 2.03. The van der Waals surface area contributed by atoms with Crippen LogP contribution in [-0.4, -0.2) is 23.3 Å². The quantitative estimate of drug-likeness (QED) is 0.912. The summed E-state index contributed by atoms with van der Waals surface area (Å²) in [6, 6.07) is 10.9. The van der Waals surface area contributed by atoms with Gasteiger partial charge in [0.05, 0.1) is 18.4 Å². The zero-order valence-corrected chi connectivity index (χ0v) is 13.6. The number of anilines is 1. The Labute approximate surface area is 136 Å². The van der Waals surface area contributed by atoms with Gasteiger partial charge < -0.3 is 10.6 Å². The molecule has 0 aliphatic carbocycles. The van der Waals surface area contributed by atoms with E-state index in [0.717, 1.165) is 5.56 Å². The Balaban J connectivity index is 1.88. The van der Waals surface area contributed by atoms with Gasteiger partial charge in [0, 0.05) is 11.8 Å². The number of carbonyl (C=O) groups excluding carboxylic acids is 2. The minimum Gasteiger partial charge on any atom is -0.343 e. The first-order chi connectivity index (χ1) is 10.9. The topological polar surface area (TPSA) is 71.1 Å². The molecule has 0 saturated heterocycles. The molecule has 23 heavy (non-hydrogen) atoms. The van der Waals surface area contributed by atoms with Crippen LogP contribution >= 0.6 is 0 Å². The molecule has 0 aliphatic rings. The normalized spacial score (nSPS) is 10.9. The van der Waals surface area contributed by atoms with Crippen molar-refractivity contribution in [1.82, 2.24) is 10.3 Å². The highest BCUT2D eigenvalue weighted by molar-refractivity contribution is 5.99. The molecule has 0 radical (unpaired) electrons. The first kappa shape index (κ1) is 16.7. The van der Waals surface area contributed by atoms with Crippen LogP contribution in [0.4, 0.5) is 5.69 Å². The lowest BCUT2D eigenvalue weighted by atomic mass is 9.87. The van der Waals surface area contributed by atoms with Gasteiger partial charge in [-0.05, 0) is 35.2 Å². The zero-order chi connectivity index (χ0) is 16.9. The van der Waals surface area contributed by atoms with Crippen molar-refractivity contribution in [3.63, 3.8) is 0 Å². The fourth-order valence-electron chi connectivity index (χ4n) is 2.03. The maximum absolute atomic E-state index is 12.1. The lowest BCUT2D eigenvalue weighted by Crippen LogP contribution is -2.32. The summed E-state index contributed by atoms with van der Waals surface area (Å²) < 4.78 is 0. The summed E-state index contributed by atoms with van der Waals surface area (Å²) in [5.41, 5.74) is 2.33. The average molecular weight is 311 g/mol. The third-order valence-corrected chi connectivity index (χ3v) is 3.37. The Morgan fingerprint density at radius 1 is 1.09 bits per heavy atom. The zero-order valence-electron chi connectivity index (χ0n) is 13.6. The number of aromatic nitrogens is 1. The molecule has 1 heterocycles. The van der Waals surface area contributed by atoms with E-state index >= 15 is 0 Å². The number of hydrogen-bond donors (Lipinski definition) is 2. The third-order valence-electron chi connectivity index (χ3n) is 3.37. The Kier molecular flexibility index (Phi) is 5.11. The number of carbonyl (C=O) groups is 2. The third kappa shape index (κ3) is 4.92. The number of rotatable bonds is 4. The molecule has 5 nitrogen and oxygen atoms in total. The Bertz CT molecular complexity index is 674. The largest absolute Gasteiger partial charge is 0.343 e. The predicted octanol–water partition coefficient (Wildman–Crippen LogP) is 2.75. The molecular weight excluding hydrogens is 290 g/mol. The van der Waals surface area contributed by atoms with Gasteiger partial charge in [0.1, 0.15) is 0 Å². The highest BCUT2D eigenvalue weighted by atomic mass is 16.2. The highest BCUT2D eigenvalue weighted by Gasteiger charge is 2.14. The molecule has 2 rings (SSSR count). The van der Waals surface area contributed by atoms with Crippen molar-refractivity contribution in [3.8, 4) is 0 Å². The second-order valence-electron chi connectivity index (χ2n) is 6.30. The lowest BCUT2D eigenvalue weighted by molar-refractivity contribution is -0.115. The monoisotopic (exact) mass is 311 g/mol. The van der Waals surface area contributed by atoms with E-state index < -0.39 is 0 Å². The Morgan fingerprint density at radius 3 is 2.35 bits per heavy atom. The molecule has 0 bridgehead atoms. The molecule has 0 fully saturated rings. The van der Waals surface area contributed by atoms with Crippen molar-refractivity contribution in [3.05, 3.63) is 59.9 Å². The van der Waals surface area contributed by atoms with E-state index in [1.807, 2.05) is 12.1 Å². The van der Waals surface area contributed by atoms with Crippen LogP contribution < -0.4 is 10.6 Å². The standard InChI is InChI=1S/C18H21N3O2/c1-18(2,3)14-8-6-13(7-9-14)17(23)20-12-16(22)21-15-5-4-10-19-11-15/h4-11H,12H2,1-3H3,(H,20,23)(H,21,22). The number of hydrogen-bond acceptors (Lipinski definition) is 3. The molecule has 0 saturated carbocycles. The van der Waals surface area contributed by atoms with Gasteiger partial charge >= 0.3 is 0 Å². The van der Waals surface area contributed by atoms with Gasteiger partial charge in [-0.2, -0.15) is 0 Å². The van der Waals surface area contributed by atoms with E-state index in [9.17, 15) is 9.59 Å². The van der Waals surface area contributed by atoms with Crippen LogP contribution in [0.25, 0.3) is 0 Å². The fraction of sp³-hybridized carbons (Fsp3) is 0.278. The molecule has 2 N–H and O–H groups in total. The van der Waals surface area contributed by atoms with Gasteiger partial charge in [-0.3, -0.25) is 14.6 Å². The SMILES string of the molecule is CC(C)(C)c1ccc(C(=O)NCC(=O)Nc2cccnc2)cc1. The van der Waals surface area contributed by atoms with Crippen molar-refractivity contribution in [2.24, 2.45) is 0 Å².